The molecular weight excluding hydrogens is 362 g/mol. The van der Waals surface area contributed by atoms with Crippen molar-refractivity contribution in [3.05, 3.63) is 30.0 Å². The Hall–Kier alpha value is -1.77. The number of sulfonamides is 1. The van der Waals surface area contributed by atoms with Crippen LogP contribution in [0.1, 0.15) is 5.69 Å². The van der Waals surface area contributed by atoms with Crippen LogP contribution in [-0.2, 0) is 10.0 Å². The molecule has 2 aromatic rings. The predicted molar refractivity (Wildman–Crippen MR) is 107 cm³/mol. The van der Waals surface area contributed by atoms with Crippen LogP contribution in [0.3, 0.4) is 0 Å². The van der Waals surface area contributed by atoms with E-state index in [1.54, 1.807) is 4.31 Å². The molecule has 1 aromatic carbocycles. The van der Waals surface area contributed by atoms with Crippen LogP contribution in [0.4, 0.5) is 5.82 Å². The summed E-state index contributed by atoms with van der Waals surface area (Å²) in [6.07, 6.45) is 1.31. The fraction of sp³-hybridized carbons (Fsp3) is 0.579. The van der Waals surface area contributed by atoms with E-state index in [0.29, 0.717) is 13.1 Å². The zero-order valence-corrected chi connectivity index (χ0v) is 17.2. The van der Waals surface area contributed by atoms with E-state index in [-0.39, 0.29) is 11.3 Å². The SMILES string of the molecule is Cc1nnc(N2C[C@H]3CN(S(C)(=O)=O)C[C@@]3(CN(C)C)C2)c2ccccc12. The fourth-order valence-electron chi connectivity index (χ4n) is 4.86. The lowest BCUT2D eigenvalue weighted by atomic mass is 9.80. The van der Waals surface area contributed by atoms with Gasteiger partial charge in [0.05, 0.1) is 11.9 Å². The summed E-state index contributed by atoms with van der Waals surface area (Å²) in [6.45, 7) is 5.60. The van der Waals surface area contributed by atoms with Gasteiger partial charge in [0.2, 0.25) is 10.0 Å². The van der Waals surface area contributed by atoms with Gasteiger partial charge in [-0.2, -0.15) is 5.10 Å². The van der Waals surface area contributed by atoms with Crippen molar-refractivity contribution < 1.29 is 8.42 Å². The lowest BCUT2D eigenvalue weighted by Crippen LogP contribution is -2.43. The summed E-state index contributed by atoms with van der Waals surface area (Å²) in [5.74, 6) is 1.20. The van der Waals surface area contributed by atoms with Crippen molar-refractivity contribution in [2.75, 3.05) is 58.0 Å². The third-order valence-corrected chi connectivity index (χ3v) is 7.20. The number of nitrogens with zero attached hydrogens (tertiary/aromatic N) is 5. The molecule has 0 unspecified atom stereocenters. The number of hydrogen-bond donors (Lipinski definition) is 0. The molecule has 0 amide bonds. The Morgan fingerprint density at radius 1 is 1.15 bits per heavy atom. The highest BCUT2D eigenvalue weighted by atomic mass is 32.2. The highest BCUT2D eigenvalue weighted by molar-refractivity contribution is 7.88. The standard InChI is InChI=1S/C19H27N5O2S/c1-14-16-7-5-6-8-17(16)18(21-20-14)23-9-15-10-24(27(4,25)26)13-19(15,12-23)11-22(2)3/h5-8,15H,9-13H2,1-4H3/t15-,19+/m0/s1. The first-order chi connectivity index (χ1) is 12.7. The number of benzene rings is 1. The molecule has 2 aliphatic heterocycles. The van der Waals surface area contributed by atoms with Gasteiger partial charge in [-0.15, -0.1) is 5.10 Å². The molecule has 2 saturated heterocycles. The van der Waals surface area contributed by atoms with E-state index in [9.17, 15) is 8.42 Å². The number of fused-ring (bicyclic) bond motifs is 2. The molecule has 146 valence electrons. The summed E-state index contributed by atoms with van der Waals surface area (Å²) in [7, 11) is 0.936. The lowest BCUT2D eigenvalue weighted by Gasteiger charge is -2.32. The fourth-order valence-corrected chi connectivity index (χ4v) is 5.80. The average Bonchev–Trinajstić information content (AvgIpc) is 3.08. The zero-order valence-electron chi connectivity index (χ0n) is 16.4. The van der Waals surface area contributed by atoms with Gasteiger partial charge >= 0.3 is 0 Å². The molecular formula is C19H27N5O2S. The molecule has 7 nitrogen and oxygen atoms in total. The van der Waals surface area contributed by atoms with Crippen LogP contribution in [-0.4, -0.2) is 80.9 Å². The van der Waals surface area contributed by atoms with Crippen molar-refractivity contribution in [3.63, 3.8) is 0 Å². The highest BCUT2D eigenvalue weighted by Crippen LogP contribution is 2.45. The smallest absolute Gasteiger partial charge is 0.211 e. The van der Waals surface area contributed by atoms with Gasteiger partial charge in [0.25, 0.3) is 0 Å². The number of aryl methyl sites for hydroxylation is 1. The minimum absolute atomic E-state index is 0.0831. The molecule has 2 atom stereocenters. The molecule has 4 rings (SSSR count). The zero-order chi connectivity index (χ0) is 19.4. The molecule has 0 spiro atoms. The normalized spacial score (nSPS) is 26.3. The number of rotatable bonds is 4. The first-order valence-corrected chi connectivity index (χ1v) is 11.1. The van der Waals surface area contributed by atoms with Crippen LogP contribution >= 0.6 is 0 Å². The average molecular weight is 390 g/mol. The molecule has 3 heterocycles. The Labute approximate surface area is 161 Å². The van der Waals surface area contributed by atoms with Gasteiger partial charge in [-0.25, -0.2) is 12.7 Å². The van der Waals surface area contributed by atoms with E-state index >= 15 is 0 Å². The number of aromatic nitrogens is 2. The molecule has 0 radical (unpaired) electrons. The maximum absolute atomic E-state index is 12.1. The summed E-state index contributed by atoms with van der Waals surface area (Å²) < 4.78 is 25.9. The largest absolute Gasteiger partial charge is 0.354 e. The van der Waals surface area contributed by atoms with Crippen LogP contribution in [0, 0.1) is 18.3 Å². The van der Waals surface area contributed by atoms with E-state index in [1.807, 2.05) is 19.1 Å². The quantitative estimate of drug-likeness (QED) is 0.783. The lowest BCUT2D eigenvalue weighted by molar-refractivity contribution is 0.200. The first-order valence-electron chi connectivity index (χ1n) is 9.26. The molecule has 8 heteroatoms. The van der Waals surface area contributed by atoms with Crippen LogP contribution in [0.15, 0.2) is 24.3 Å². The molecule has 2 fully saturated rings. The van der Waals surface area contributed by atoms with Crippen LogP contribution in [0.2, 0.25) is 0 Å². The van der Waals surface area contributed by atoms with E-state index in [0.717, 1.165) is 41.9 Å². The third-order valence-electron chi connectivity index (χ3n) is 5.98. The molecule has 2 aliphatic rings. The van der Waals surface area contributed by atoms with Gasteiger partial charge in [0.15, 0.2) is 5.82 Å². The molecule has 27 heavy (non-hydrogen) atoms. The van der Waals surface area contributed by atoms with Gasteiger partial charge in [-0.05, 0) is 21.0 Å². The van der Waals surface area contributed by atoms with Crippen molar-refractivity contribution in [1.82, 2.24) is 19.4 Å². The molecule has 0 bridgehead atoms. The van der Waals surface area contributed by atoms with Crippen molar-refractivity contribution in [2.24, 2.45) is 11.3 Å². The maximum atomic E-state index is 12.1. The van der Waals surface area contributed by atoms with Crippen LogP contribution < -0.4 is 4.90 Å². The van der Waals surface area contributed by atoms with Crippen LogP contribution in [0.5, 0.6) is 0 Å². The van der Waals surface area contributed by atoms with Crippen molar-refractivity contribution in [2.45, 2.75) is 6.92 Å². The van der Waals surface area contributed by atoms with E-state index in [1.165, 1.54) is 6.26 Å². The monoisotopic (exact) mass is 389 g/mol. The molecule has 0 saturated carbocycles. The number of hydrogen-bond acceptors (Lipinski definition) is 6. The topological polar surface area (TPSA) is 69.6 Å². The van der Waals surface area contributed by atoms with Crippen molar-refractivity contribution in [1.29, 1.82) is 0 Å². The van der Waals surface area contributed by atoms with E-state index in [4.69, 9.17) is 0 Å². The minimum Gasteiger partial charge on any atom is -0.354 e. The van der Waals surface area contributed by atoms with E-state index in [2.05, 4.69) is 46.2 Å². The Kier molecular flexibility index (Phi) is 4.40. The van der Waals surface area contributed by atoms with E-state index < -0.39 is 10.0 Å². The Morgan fingerprint density at radius 3 is 2.52 bits per heavy atom. The second-order valence-corrected chi connectivity index (χ2v) is 10.4. The first kappa shape index (κ1) is 18.6. The second-order valence-electron chi connectivity index (χ2n) is 8.39. The number of anilines is 1. The Bertz CT molecular complexity index is 977. The van der Waals surface area contributed by atoms with Gasteiger partial charge in [-0.1, -0.05) is 24.3 Å². The molecule has 1 aromatic heterocycles. The van der Waals surface area contributed by atoms with Crippen molar-refractivity contribution in [3.8, 4) is 0 Å². The van der Waals surface area contributed by atoms with Gasteiger partial charge in [0, 0.05) is 54.8 Å². The molecule has 0 N–H and O–H groups in total. The summed E-state index contributed by atoms with van der Waals surface area (Å²) in [5.41, 5.74) is 0.847. The third kappa shape index (κ3) is 3.19. The van der Waals surface area contributed by atoms with Crippen LogP contribution in [0.25, 0.3) is 10.8 Å². The Balaban J connectivity index is 1.71. The minimum atomic E-state index is -3.17. The highest BCUT2D eigenvalue weighted by Gasteiger charge is 2.54. The predicted octanol–water partition coefficient (Wildman–Crippen LogP) is 1.20. The Morgan fingerprint density at radius 2 is 1.85 bits per heavy atom. The second kappa shape index (κ2) is 6.39. The van der Waals surface area contributed by atoms with Gasteiger partial charge in [0.1, 0.15) is 0 Å². The van der Waals surface area contributed by atoms with Gasteiger partial charge < -0.3 is 9.80 Å². The maximum Gasteiger partial charge on any atom is 0.211 e. The summed E-state index contributed by atoms with van der Waals surface area (Å²) in [6, 6.07) is 8.24. The molecule has 0 aliphatic carbocycles. The summed E-state index contributed by atoms with van der Waals surface area (Å²) >= 11 is 0. The summed E-state index contributed by atoms with van der Waals surface area (Å²) in [5, 5.41) is 11.1. The van der Waals surface area contributed by atoms with Crippen molar-refractivity contribution >= 4 is 26.6 Å². The van der Waals surface area contributed by atoms with Gasteiger partial charge in [-0.3, -0.25) is 0 Å². The summed E-state index contributed by atoms with van der Waals surface area (Å²) in [4.78, 5) is 4.48.